The molecule has 0 bridgehead atoms. The van der Waals surface area contributed by atoms with Gasteiger partial charge in [0.1, 0.15) is 11.5 Å². The molecule has 25 heavy (non-hydrogen) atoms. The van der Waals surface area contributed by atoms with E-state index in [0.717, 1.165) is 22.6 Å². The van der Waals surface area contributed by atoms with Gasteiger partial charge in [0.15, 0.2) is 5.16 Å². The van der Waals surface area contributed by atoms with Crippen LogP contribution >= 0.6 is 11.8 Å². The highest BCUT2D eigenvalue weighted by atomic mass is 32.2. The number of nitrogens with one attached hydrogen (secondary N) is 1. The molecule has 3 aromatic rings. The van der Waals surface area contributed by atoms with Crippen LogP contribution < -0.4 is 4.74 Å². The van der Waals surface area contributed by atoms with Gasteiger partial charge in [-0.15, -0.1) is 0 Å². The SMILES string of the molecule is COCCCOc1cnc(CSc2nc3ccccc3[nH]2)c(O)c1C. The number of H-pyrrole nitrogens is 1. The number of aromatic amines is 1. The summed E-state index contributed by atoms with van der Waals surface area (Å²) in [5, 5.41) is 11.2. The van der Waals surface area contributed by atoms with E-state index >= 15 is 0 Å². The number of methoxy groups -OCH3 is 1. The predicted octanol–water partition coefficient (Wildman–Crippen LogP) is 3.68. The zero-order valence-corrected chi connectivity index (χ0v) is 15.1. The second-order valence-corrected chi connectivity index (χ2v) is 6.55. The molecule has 0 unspecified atom stereocenters. The number of benzene rings is 1. The van der Waals surface area contributed by atoms with Crippen LogP contribution in [0.15, 0.2) is 35.6 Å². The van der Waals surface area contributed by atoms with Crippen molar-refractivity contribution in [3.63, 3.8) is 0 Å². The van der Waals surface area contributed by atoms with Crippen molar-refractivity contribution in [1.29, 1.82) is 0 Å². The van der Waals surface area contributed by atoms with Gasteiger partial charge in [-0.1, -0.05) is 23.9 Å². The van der Waals surface area contributed by atoms with Crippen molar-refractivity contribution in [2.45, 2.75) is 24.3 Å². The molecule has 1 aromatic carbocycles. The fourth-order valence-electron chi connectivity index (χ4n) is 2.40. The lowest BCUT2D eigenvalue weighted by Crippen LogP contribution is -2.03. The third kappa shape index (κ3) is 4.24. The molecular formula is C18H21N3O3S. The summed E-state index contributed by atoms with van der Waals surface area (Å²) in [5.41, 5.74) is 3.25. The highest BCUT2D eigenvalue weighted by molar-refractivity contribution is 7.98. The summed E-state index contributed by atoms with van der Waals surface area (Å²) in [4.78, 5) is 12.1. The Hall–Kier alpha value is -2.25. The molecular weight excluding hydrogens is 338 g/mol. The van der Waals surface area contributed by atoms with E-state index < -0.39 is 0 Å². The second-order valence-electron chi connectivity index (χ2n) is 5.59. The average Bonchev–Trinajstić information content (AvgIpc) is 3.04. The normalized spacial score (nSPS) is 11.1. The number of thioether (sulfide) groups is 1. The van der Waals surface area contributed by atoms with Gasteiger partial charge >= 0.3 is 0 Å². The molecule has 0 aliphatic heterocycles. The van der Waals surface area contributed by atoms with E-state index in [-0.39, 0.29) is 5.75 Å². The van der Waals surface area contributed by atoms with E-state index in [1.807, 2.05) is 31.2 Å². The van der Waals surface area contributed by atoms with E-state index in [9.17, 15) is 5.11 Å². The first-order valence-electron chi connectivity index (χ1n) is 8.05. The van der Waals surface area contributed by atoms with Crippen molar-refractivity contribution in [2.24, 2.45) is 0 Å². The minimum atomic E-state index is 0.174. The Bertz CT molecular complexity index is 818. The van der Waals surface area contributed by atoms with Gasteiger partial charge in [0.25, 0.3) is 0 Å². The van der Waals surface area contributed by atoms with Crippen molar-refractivity contribution in [1.82, 2.24) is 15.0 Å². The Morgan fingerprint density at radius 1 is 1.24 bits per heavy atom. The van der Waals surface area contributed by atoms with Crippen molar-refractivity contribution < 1.29 is 14.6 Å². The lowest BCUT2D eigenvalue weighted by molar-refractivity contribution is 0.171. The summed E-state index contributed by atoms with van der Waals surface area (Å²) in [5.74, 6) is 1.30. The van der Waals surface area contributed by atoms with Gasteiger partial charge in [-0.3, -0.25) is 4.98 Å². The number of hydrogen-bond acceptors (Lipinski definition) is 6. The molecule has 0 amide bonds. The molecule has 2 aromatic heterocycles. The molecule has 0 atom stereocenters. The Morgan fingerprint density at radius 3 is 2.88 bits per heavy atom. The maximum Gasteiger partial charge on any atom is 0.166 e. The molecule has 0 fully saturated rings. The van der Waals surface area contributed by atoms with Crippen molar-refractivity contribution >= 4 is 22.8 Å². The van der Waals surface area contributed by atoms with E-state index in [1.54, 1.807) is 13.3 Å². The highest BCUT2D eigenvalue weighted by Gasteiger charge is 2.13. The van der Waals surface area contributed by atoms with Gasteiger partial charge < -0.3 is 19.6 Å². The number of rotatable bonds is 8. The molecule has 132 valence electrons. The van der Waals surface area contributed by atoms with Gasteiger partial charge in [-0.2, -0.15) is 0 Å². The monoisotopic (exact) mass is 359 g/mol. The van der Waals surface area contributed by atoms with E-state index in [2.05, 4.69) is 15.0 Å². The van der Waals surface area contributed by atoms with Crippen LogP contribution in [0.1, 0.15) is 17.7 Å². The lowest BCUT2D eigenvalue weighted by atomic mass is 10.2. The molecule has 6 nitrogen and oxygen atoms in total. The van der Waals surface area contributed by atoms with Crippen molar-refractivity contribution in [3.8, 4) is 11.5 Å². The van der Waals surface area contributed by atoms with Gasteiger partial charge in [-0.05, 0) is 19.1 Å². The van der Waals surface area contributed by atoms with Crippen LogP contribution in [-0.2, 0) is 10.5 Å². The lowest BCUT2D eigenvalue weighted by Gasteiger charge is -2.12. The molecule has 0 saturated carbocycles. The Labute approximate surface area is 150 Å². The van der Waals surface area contributed by atoms with Crippen LogP contribution in [0.3, 0.4) is 0 Å². The number of fused-ring (bicyclic) bond motifs is 1. The summed E-state index contributed by atoms with van der Waals surface area (Å²) in [7, 11) is 1.66. The minimum Gasteiger partial charge on any atom is -0.506 e. The summed E-state index contributed by atoms with van der Waals surface area (Å²) in [6.45, 7) is 3.01. The molecule has 0 aliphatic carbocycles. The molecule has 0 saturated heterocycles. The molecule has 3 rings (SSSR count). The summed E-state index contributed by atoms with van der Waals surface area (Å²) < 4.78 is 10.6. The maximum atomic E-state index is 10.4. The Kier molecular flexibility index (Phi) is 5.78. The fourth-order valence-corrected chi connectivity index (χ4v) is 3.23. The van der Waals surface area contributed by atoms with Crippen LogP contribution in [-0.4, -0.2) is 40.4 Å². The quantitative estimate of drug-likeness (QED) is 0.472. The molecule has 0 aliphatic rings. The van der Waals surface area contributed by atoms with E-state index in [4.69, 9.17) is 9.47 Å². The van der Waals surface area contributed by atoms with Crippen LogP contribution in [0.25, 0.3) is 11.0 Å². The summed E-state index contributed by atoms with van der Waals surface area (Å²) in [6, 6.07) is 7.88. The third-order valence-electron chi connectivity index (χ3n) is 3.80. The summed E-state index contributed by atoms with van der Waals surface area (Å²) in [6.07, 6.45) is 2.46. The van der Waals surface area contributed by atoms with Crippen molar-refractivity contribution in [3.05, 3.63) is 41.7 Å². The van der Waals surface area contributed by atoms with Crippen molar-refractivity contribution in [2.75, 3.05) is 20.3 Å². The van der Waals surface area contributed by atoms with E-state index in [1.165, 1.54) is 11.8 Å². The van der Waals surface area contributed by atoms with Gasteiger partial charge in [0.2, 0.25) is 0 Å². The largest absolute Gasteiger partial charge is 0.506 e. The smallest absolute Gasteiger partial charge is 0.166 e. The average molecular weight is 359 g/mol. The number of ether oxygens (including phenoxy) is 2. The number of imidazole rings is 1. The maximum absolute atomic E-state index is 10.4. The Balaban J connectivity index is 1.65. The third-order valence-corrected chi connectivity index (χ3v) is 4.68. The molecule has 0 radical (unpaired) electrons. The van der Waals surface area contributed by atoms with Gasteiger partial charge in [0.05, 0.1) is 29.5 Å². The molecule has 2 heterocycles. The first kappa shape index (κ1) is 17.6. The zero-order valence-electron chi connectivity index (χ0n) is 14.3. The minimum absolute atomic E-state index is 0.174. The predicted molar refractivity (Wildman–Crippen MR) is 98.3 cm³/mol. The van der Waals surface area contributed by atoms with Crippen LogP contribution in [0, 0.1) is 6.92 Å². The number of para-hydroxylation sites is 2. The van der Waals surface area contributed by atoms with Gasteiger partial charge in [-0.25, -0.2) is 4.98 Å². The standard InChI is InChI=1S/C18H21N3O3S/c1-12-16(24-9-5-8-23-2)10-19-15(17(12)22)11-25-18-20-13-6-3-4-7-14(13)21-18/h3-4,6-7,10,22H,5,8-9,11H2,1-2H3,(H,20,21). The number of hydrogen-bond donors (Lipinski definition) is 2. The number of nitrogens with zero attached hydrogens (tertiary/aromatic N) is 2. The topological polar surface area (TPSA) is 80.3 Å². The number of aromatic nitrogens is 3. The van der Waals surface area contributed by atoms with Crippen LogP contribution in [0.2, 0.25) is 0 Å². The fraction of sp³-hybridized carbons (Fsp3) is 0.333. The first-order valence-corrected chi connectivity index (χ1v) is 9.04. The molecule has 2 N–H and O–H groups in total. The Morgan fingerprint density at radius 2 is 2.08 bits per heavy atom. The zero-order chi connectivity index (χ0) is 17.6. The second kappa shape index (κ2) is 8.22. The molecule has 7 heteroatoms. The highest BCUT2D eigenvalue weighted by Crippen LogP contribution is 2.32. The van der Waals surface area contributed by atoms with Gasteiger partial charge in [0, 0.05) is 31.5 Å². The molecule has 0 spiro atoms. The summed E-state index contributed by atoms with van der Waals surface area (Å²) >= 11 is 1.51. The number of pyridine rings is 1. The van der Waals surface area contributed by atoms with Crippen LogP contribution in [0.4, 0.5) is 0 Å². The van der Waals surface area contributed by atoms with Crippen LogP contribution in [0.5, 0.6) is 11.5 Å². The number of aromatic hydroxyl groups is 1. The van der Waals surface area contributed by atoms with E-state index in [0.29, 0.717) is 36.0 Å². The first-order chi connectivity index (χ1) is 12.2.